The molecule has 0 aromatic heterocycles. The van der Waals surface area contributed by atoms with Gasteiger partial charge < -0.3 is 4.74 Å². The van der Waals surface area contributed by atoms with Crippen molar-refractivity contribution in [2.24, 2.45) is 0 Å². The molecule has 104 valence electrons. The van der Waals surface area contributed by atoms with Gasteiger partial charge in [-0.3, -0.25) is 5.32 Å². The topological polar surface area (TPSA) is 38.3 Å². The van der Waals surface area contributed by atoms with Gasteiger partial charge in [0.15, 0.2) is 0 Å². The quantitative estimate of drug-likeness (QED) is 0.608. The summed E-state index contributed by atoms with van der Waals surface area (Å²) in [4.78, 5) is 12.3. The molecule has 1 aromatic rings. The number of hydrogen-bond acceptors (Lipinski definition) is 3. The molecule has 0 aliphatic rings. The Morgan fingerprint density at radius 2 is 2.05 bits per heavy atom. The van der Waals surface area contributed by atoms with Crippen molar-refractivity contribution in [1.82, 2.24) is 5.32 Å². The van der Waals surface area contributed by atoms with Crippen molar-refractivity contribution in [2.75, 3.05) is 13.2 Å². The van der Waals surface area contributed by atoms with Crippen molar-refractivity contribution in [1.29, 1.82) is 0 Å². The van der Waals surface area contributed by atoms with Crippen molar-refractivity contribution >= 4 is 5.97 Å². The summed E-state index contributed by atoms with van der Waals surface area (Å²) in [5, 5.41) is 3.14. The van der Waals surface area contributed by atoms with E-state index in [1.54, 1.807) is 25.1 Å². The van der Waals surface area contributed by atoms with Crippen LogP contribution in [-0.2, 0) is 15.1 Å². The first kappa shape index (κ1) is 15.4. The van der Waals surface area contributed by atoms with Crippen LogP contribution in [0.15, 0.2) is 36.9 Å². The number of rotatable bonds is 7. The van der Waals surface area contributed by atoms with Gasteiger partial charge in [-0.2, -0.15) is 0 Å². The van der Waals surface area contributed by atoms with Gasteiger partial charge in [-0.1, -0.05) is 25.1 Å². The minimum absolute atomic E-state index is 0.303. The van der Waals surface area contributed by atoms with Crippen molar-refractivity contribution in [3.8, 4) is 0 Å². The van der Waals surface area contributed by atoms with Crippen molar-refractivity contribution in [3.05, 3.63) is 48.3 Å². The monoisotopic (exact) mass is 265 g/mol. The van der Waals surface area contributed by atoms with E-state index in [4.69, 9.17) is 4.74 Å². The highest BCUT2D eigenvalue weighted by molar-refractivity contribution is 5.82. The fourth-order valence-electron chi connectivity index (χ4n) is 2.00. The number of hydrogen-bond donors (Lipinski definition) is 1. The van der Waals surface area contributed by atoms with Crippen LogP contribution in [0.2, 0.25) is 0 Å². The highest BCUT2D eigenvalue weighted by atomic mass is 19.1. The van der Waals surface area contributed by atoms with E-state index >= 15 is 0 Å². The molecule has 0 spiro atoms. The Morgan fingerprint density at radius 3 is 2.53 bits per heavy atom. The predicted octanol–water partition coefficient (Wildman–Crippen LogP) is 2.77. The van der Waals surface area contributed by atoms with Crippen LogP contribution in [0, 0.1) is 5.82 Å². The number of halogens is 1. The molecule has 1 aromatic carbocycles. The Balaban J connectivity index is 3.18. The summed E-state index contributed by atoms with van der Waals surface area (Å²) in [6.45, 7) is 8.05. The molecule has 1 N–H and O–H groups in total. The molecule has 4 heteroatoms. The first-order valence-electron chi connectivity index (χ1n) is 6.40. The third kappa shape index (κ3) is 3.41. The molecule has 0 fully saturated rings. The number of ether oxygens (including phenoxy) is 1. The molecule has 0 radical (unpaired) electrons. The van der Waals surface area contributed by atoms with Crippen molar-refractivity contribution in [2.45, 2.75) is 25.8 Å². The lowest BCUT2D eigenvalue weighted by Gasteiger charge is -2.31. The van der Waals surface area contributed by atoms with Crippen LogP contribution in [0.4, 0.5) is 4.39 Å². The van der Waals surface area contributed by atoms with Gasteiger partial charge in [0.05, 0.1) is 6.61 Å². The van der Waals surface area contributed by atoms with E-state index in [1.807, 2.05) is 6.92 Å². The Bertz CT molecular complexity index is 430. The average molecular weight is 265 g/mol. The highest BCUT2D eigenvalue weighted by Crippen LogP contribution is 2.27. The lowest BCUT2D eigenvalue weighted by Crippen LogP contribution is -2.49. The molecule has 0 amide bonds. The van der Waals surface area contributed by atoms with E-state index in [0.29, 0.717) is 25.1 Å². The molecule has 0 saturated carbocycles. The predicted molar refractivity (Wildman–Crippen MR) is 73.2 cm³/mol. The summed E-state index contributed by atoms with van der Waals surface area (Å²) in [6.07, 6.45) is 2.18. The molecular weight excluding hydrogens is 245 g/mol. The van der Waals surface area contributed by atoms with Crippen LogP contribution >= 0.6 is 0 Å². The third-order valence-electron chi connectivity index (χ3n) is 3.04. The molecule has 3 nitrogen and oxygen atoms in total. The van der Waals surface area contributed by atoms with E-state index in [0.717, 1.165) is 0 Å². The number of nitrogens with one attached hydrogen (secondary N) is 1. The summed E-state index contributed by atoms with van der Waals surface area (Å²) in [5.41, 5.74) is -0.269. The van der Waals surface area contributed by atoms with Crippen LogP contribution in [0.3, 0.4) is 0 Å². The van der Waals surface area contributed by atoms with Crippen LogP contribution in [0.1, 0.15) is 25.8 Å². The van der Waals surface area contributed by atoms with Gasteiger partial charge in [0.25, 0.3) is 0 Å². The second-order valence-electron chi connectivity index (χ2n) is 4.16. The minimum Gasteiger partial charge on any atom is -0.464 e. The van der Waals surface area contributed by atoms with Crippen molar-refractivity contribution in [3.63, 3.8) is 0 Å². The van der Waals surface area contributed by atoms with Crippen LogP contribution in [-0.4, -0.2) is 19.1 Å². The zero-order valence-corrected chi connectivity index (χ0v) is 11.4. The standard InChI is InChI=1S/C15H20FNO2/c1-4-11-17-15(5-2,14(18)19-6-3)12-7-9-13(16)10-8-12/h4,7-10,17H,1,5-6,11H2,2-3H3. The zero-order valence-electron chi connectivity index (χ0n) is 11.4. The maximum atomic E-state index is 13.0. The molecule has 1 rings (SSSR count). The summed E-state index contributed by atoms with van der Waals surface area (Å²) in [7, 11) is 0. The smallest absolute Gasteiger partial charge is 0.330 e. The van der Waals surface area contributed by atoms with Crippen LogP contribution in [0.25, 0.3) is 0 Å². The van der Waals surface area contributed by atoms with E-state index in [1.165, 1.54) is 12.1 Å². The summed E-state index contributed by atoms with van der Waals surface area (Å²) in [5.74, 6) is -0.688. The molecule has 1 atom stereocenters. The van der Waals surface area contributed by atoms with Crippen molar-refractivity contribution < 1.29 is 13.9 Å². The number of carbonyl (C=O) groups is 1. The maximum Gasteiger partial charge on any atom is 0.330 e. The lowest BCUT2D eigenvalue weighted by molar-refractivity contribution is -0.152. The number of esters is 1. The maximum absolute atomic E-state index is 13.0. The highest BCUT2D eigenvalue weighted by Gasteiger charge is 2.39. The van der Waals surface area contributed by atoms with Gasteiger partial charge in [-0.05, 0) is 31.0 Å². The average Bonchev–Trinajstić information content (AvgIpc) is 2.42. The number of benzene rings is 1. The van der Waals surface area contributed by atoms with Crippen LogP contribution < -0.4 is 5.32 Å². The fourth-order valence-corrected chi connectivity index (χ4v) is 2.00. The molecular formula is C15H20FNO2. The molecule has 19 heavy (non-hydrogen) atoms. The van der Waals surface area contributed by atoms with E-state index in [2.05, 4.69) is 11.9 Å². The Hall–Kier alpha value is -1.68. The van der Waals surface area contributed by atoms with Gasteiger partial charge in [-0.15, -0.1) is 6.58 Å². The Morgan fingerprint density at radius 1 is 1.42 bits per heavy atom. The Kier molecular flexibility index (Phi) is 5.70. The summed E-state index contributed by atoms with van der Waals surface area (Å²) in [6, 6.07) is 5.89. The van der Waals surface area contributed by atoms with Gasteiger partial charge in [-0.25, -0.2) is 9.18 Å². The molecule has 0 aliphatic carbocycles. The first-order chi connectivity index (χ1) is 9.10. The Labute approximate surface area is 113 Å². The van der Waals surface area contributed by atoms with E-state index in [9.17, 15) is 9.18 Å². The summed E-state index contributed by atoms with van der Waals surface area (Å²) >= 11 is 0. The van der Waals surface area contributed by atoms with Gasteiger partial charge >= 0.3 is 5.97 Å². The minimum atomic E-state index is -0.960. The van der Waals surface area contributed by atoms with Gasteiger partial charge in [0.1, 0.15) is 11.4 Å². The summed E-state index contributed by atoms with van der Waals surface area (Å²) < 4.78 is 18.2. The van der Waals surface area contributed by atoms with Gasteiger partial charge in [0.2, 0.25) is 0 Å². The first-order valence-corrected chi connectivity index (χ1v) is 6.40. The zero-order chi connectivity index (χ0) is 14.3. The lowest BCUT2D eigenvalue weighted by atomic mass is 9.87. The molecule has 1 unspecified atom stereocenters. The molecule has 0 heterocycles. The van der Waals surface area contributed by atoms with E-state index in [-0.39, 0.29) is 11.8 Å². The largest absolute Gasteiger partial charge is 0.464 e. The normalized spacial score (nSPS) is 13.6. The molecule has 0 aliphatic heterocycles. The third-order valence-corrected chi connectivity index (χ3v) is 3.04. The van der Waals surface area contributed by atoms with Crippen LogP contribution in [0.5, 0.6) is 0 Å². The second-order valence-corrected chi connectivity index (χ2v) is 4.16. The fraction of sp³-hybridized carbons (Fsp3) is 0.400. The van der Waals surface area contributed by atoms with Gasteiger partial charge in [0, 0.05) is 6.54 Å². The second kappa shape index (κ2) is 7.04. The van der Waals surface area contributed by atoms with E-state index < -0.39 is 5.54 Å². The molecule has 0 bridgehead atoms. The molecule has 0 saturated heterocycles. The SMILES string of the molecule is C=CCNC(CC)(C(=O)OCC)c1ccc(F)cc1. The number of carbonyl (C=O) groups excluding carboxylic acids is 1.